The van der Waals surface area contributed by atoms with Crippen LogP contribution in [0.5, 0.6) is 0 Å². The van der Waals surface area contributed by atoms with E-state index in [0.717, 1.165) is 17.3 Å². The summed E-state index contributed by atoms with van der Waals surface area (Å²) in [4.78, 5) is 0. The van der Waals surface area contributed by atoms with Gasteiger partial charge in [-0.3, -0.25) is 0 Å². The van der Waals surface area contributed by atoms with Gasteiger partial charge >= 0.3 is 0 Å². The van der Waals surface area contributed by atoms with Gasteiger partial charge in [0.25, 0.3) is 0 Å². The van der Waals surface area contributed by atoms with Crippen LogP contribution >= 0.6 is 11.8 Å². The van der Waals surface area contributed by atoms with E-state index in [2.05, 4.69) is 28.7 Å². The van der Waals surface area contributed by atoms with E-state index < -0.39 is 0 Å². The smallest absolute Gasteiger partial charge is 0.0195 e. The molecule has 0 radical (unpaired) electrons. The molecule has 1 saturated heterocycles. The van der Waals surface area contributed by atoms with Gasteiger partial charge in [0.1, 0.15) is 0 Å². The van der Waals surface area contributed by atoms with Crippen molar-refractivity contribution < 1.29 is 0 Å². The van der Waals surface area contributed by atoms with E-state index in [1.165, 1.54) is 51.6 Å². The highest BCUT2D eigenvalue weighted by molar-refractivity contribution is 7.99. The monoisotopic (exact) mass is 228 g/mol. The molecule has 1 aliphatic heterocycles. The summed E-state index contributed by atoms with van der Waals surface area (Å²) in [6.45, 7) is 2.40. The van der Waals surface area contributed by atoms with Gasteiger partial charge in [-0.1, -0.05) is 0 Å². The SMILES string of the molecule is CSC1CCC(NC2CCCNC2)CC1. The van der Waals surface area contributed by atoms with Crippen LogP contribution in [0.25, 0.3) is 0 Å². The third-order valence-electron chi connectivity index (χ3n) is 3.78. The highest BCUT2D eigenvalue weighted by atomic mass is 32.2. The minimum absolute atomic E-state index is 0.745. The van der Waals surface area contributed by atoms with Crippen LogP contribution in [0.2, 0.25) is 0 Å². The molecule has 1 heterocycles. The van der Waals surface area contributed by atoms with Crippen LogP contribution < -0.4 is 10.6 Å². The van der Waals surface area contributed by atoms with Gasteiger partial charge in [-0.05, 0) is 51.3 Å². The fourth-order valence-electron chi connectivity index (χ4n) is 2.79. The minimum Gasteiger partial charge on any atom is -0.315 e. The Balaban J connectivity index is 1.67. The Morgan fingerprint density at radius 1 is 1.07 bits per heavy atom. The van der Waals surface area contributed by atoms with Crippen molar-refractivity contribution in [3.8, 4) is 0 Å². The van der Waals surface area contributed by atoms with Gasteiger partial charge in [-0.15, -0.1) is 0 Å². The topological polar surface area (TPSA) is 24.1 Å². The third-order valence-corrected chi connectivity index (χ3v) is 4.91. The van der Waals surface area contributed by atoms with E-state index in [1.807, 2.05) is 0 Å². The van der Waals surface area contributed by atoms with Crippen LogP contribution in [-0.4, -0.2) is 36.7 Å². The molecule has 0 bridgehead atoms. The molecule has 0 aromatic heterocycles. The van der Waals surface area contributed by atoms with E-state index in [9.17, 15) is 0 Å². The standard InChI is InChI=1S/C12H24N2S/c1-15-12-6-4-10(5-7-12)14-11-3-2-8-13-9-11/h10-14H,2-9H2,1H3. The van der Waals surface area contributed by atoms with Crippen molar-refractivity contribution in [3.05, 3.63) is 0 Å². The fourth-order valence-corrected chi connectivity index (χ4v) is 3.54. The van der Waals surface area contributed by atoms with Crippen molar-refractivity contribution in [1.29, 1.82) is 0 Å². The highest BCUT2D eigenvalue weighted by Gasteiger charge is 2.23. The number of thioether (sulfide) groups is 1. The first-order chi connectivity index (χ1) is 7.38. The summed E-state index contributed by atoms with van der Waals surface area (Å²) in [5.41, 5.74) is 0. The second kappa shape index (κ2) is 6.12. The number of piperidine rings is 1. The zero-order chi connectivity index (χ0) is 10.5. The van der Waals surface area contributed by atoms with Crippen LogP contribution in [-0.2, 0) is 0 Å². The Kier molecular flexibility index (Phi) is 4.79. The number of rotatable bonds is 3. The number of nitrogens with one attached hydrogen (secondary N) is 2. The molecule has 1 atom stereocenters. The van der Waals surface area contributed by atoms with Gasteiger partial charge in [0, 0.05) is 23.9 Å². The molecule has 0 aromatic carbocycles. The number of hydrogen-bond acceptors (Lipinski definition) is 3. The summed E-state index contributed by atoms with van der Waals surface area (Å²) in [7, 11) is 0. The quantitative estimate of drug-likeness (QED) is 0.772. The Hall–Kier alpha value is 0.270. The Bertz CT molecular complexity index is 172. The molecule has 0 amide bonds. The second-order valence-corrected chi connectivity index (χ2v) is 6.06. The largest absolute Gasteiger partial charge is 0.315 e. The Labute approximate surface area is 98.0 Å². The van der Waals surface area contributed by atoms with Crippen molar-refractivity contribution in [3.63, 3.8) is 0 Å². The summed E-state index contributed by atoms with van der Waals surface area (Å²) in [5.74, 6) is 0. The zero-order valence-corrected chi connectivity index (χ0v) is 10.6. The maximum absolute atomic E-state index is 3.83. The lowest BCUT2D eigenvalue weighted by Gasteiger charge is -2.33. The fraction of sp³-hybridized carbons (Fsp3) is 1.00. The van der Waals surface area contributed by atoms with Gasteiger partial charge in [0.05, 0.1) is 0 Å². The molecule has 2 fully saturated rings. The summed E-state index contributed by atoms with van der Waals surface area (Å²) in [6, 6.07) is 1.55. The minimum atomic E-state index is 0.745. The maximum atomic E-state index is 3.83. The van der Waals surface area contributed by atoms with E-state index in [0.29, 0.717) is 0 Å². The molecule has 2 N–H and O–H groups in total. The average molecular weight is 228 g/mol. The molecule has 15 heavy (non-hydrogen) atoms. The zero-order valence-electron chi connectivity index (χ0n) is 9.80. The lowest BCUT2D eigenvalue weighted by Crippen LogP contribution is -2.48. The molecule has 1 unspecified atom stereocenters. The maximum Gasteiger partial charge on any atom is 0.0195 e. The summed E-state index contributed by atoms with van der Waals surface area (Å²) >= 11 is 2.05. The summed E-state index contributed by atoms with van der Waals surface area (Å²) < 4.78 is 0. The first kappa shape index (κ1) is 11.7. The van der Waals surface area contributed by atoms with E-state index >= 15 is 0 Å². The molecule has 0 aromatic rings. The molecular weight excluding hydrogens is 204 g/mol. The Morgan fingerprint density at radius 2 is 1.87 bits per heavy atom. The average Bonchev–Trinajstić information content (AvgIpc) is 2.31. The molecule has 3 heteroatoms. The van der Waals surface area contributed by atoms with Gasteiger partial charge in [-0.25, -0.2) is 0 Å². The predicted molar refractivity (Wildman–Crippen MR) is 68.6 cm³/mol. The van der Waals surface area contributed by atoms with E-state index in [-0.39, 0.29) is 0 Å². The van der Waals surface area contributed by atoms with E-state index in [4.69, 9.17) is 0 Å². The van der Waals surface area contributed by atoms with Crippen molar-refractivity contribution >= 4 is 11.8 Å². The predicted octanol–water partition coefficient (Wildman–Crippen LogP) is 2.00. The molecule has 88 valence electrons. The molecule has 2 aliphatic rings. The molecule has 1 saturated carbocycles. The summed E-state index contributed by atoms with van der Waals surface area (Å²) in [6.07, 6.45) is 10.6. The van der Waals surface area contributed by atoms with Gasteiger partial charge in [-0.2, -0.15) is 11.8 Å². The van der Waals surface area contributed by atoms with Crippen molar-refractivity contribution in [2.24, 2.45) is 0 Å². The van der Waals surface area contributed by atoms with Crippen molar-refractivity contribution in [2.75, 3.05) is 19.3 Å². The molecule has 2 rings (SSSR count). The first-order valence-electron chi connectivity index (χ1n) is 6.38. The normalized spacial score (nSPS) is 37.8. The van der Waals surface area contributed by atoms with Gasteiger partial charge < -0.3 is 10.6 Å². The molecular formula is C12H24N2S. The highest BCUT2D eigenvalue weighted by Crippen LogP contribution is 2.27. The van der Waals surface area contributed by atoms with Crippen LogP contribution in [0, 0.1) is 0 Å². The van der Waals surface area contributed by atoms with E-state index in [1.54, 1.807) is 0 Å². The summed E-state index contributed by atoms with van der Waals surface area (Å²) in [5, 5.41) is 8.25. The lowest BCUT2D eigenvalue weighted by atomic mass is 9.93. The van der Waals surface area contributed by atoms with Crippen molar-refractivity contribution in [1.82, 2.24) is 10.6 Å². The first-order valence-corrected chi connectivity index (χ1v) is 7.67. The van der Waals surface area contributed by atoms with Crippen LogP contribution in [0.4, 0.5) is 0 Å². The lowest BCUT2D eigenvalue weighted by molar-refractivity contribution is 0.303. The molecule has 0 spiro atoms. The second-order valence-electron chi connectivity index (χ2n) is 4.92. The number of hydrogen-bond donors (Lipinski definition) is 2. The molecule has 2 nitrogen and oxygen atoms in total. The Morgan fingerprint density at radius 3 is 2.47 bits per heavy atom. The van der Waals surface area contributed by atoms with Crippen LogP contribution in [0.15, 0.2) is 0 Å². The van der Waals surface area contributed by atoms with Crippen LogP contribution in [0.1, 0.15) is 38.5 Å². The molecule has 1 aliphatic carbocycles. The third kappa shape index (κ3) is 3.65. The van der Waals surface area contributed by atoms with Crippen LogP contribution in [0.3, 0.4) is 0 Å². The van der Waals surface area contributed by atoms with Crippen molar-refractivity contribution in [2.45, 2.75) is 55.9 Å². The van der Waals surface area contributed by atoms with Gasteiger partial charge in [0.15, 0.2) is 0 Å². The van der Waals surface area contributed by atoms with Gasteiger partial charge in [0.2, 0.25) is 0 Å².